The minimum Gasteiger partial charge on any atom is -0.478 e. The molecule has 0 radical (unpaired) electrons. The number of hydrogen-bond acceptors (Lipinski definition) is 7. The van der Waals surface area contributed by atoms with Gasteiger partial charge in [0.25, 0.3) is 0 Å². The third-order valence-corrected chi connectivity index (χ3v) is 8.17. The Morgan fingerprint density at radius 3 is 2.72 bits per heavy atom. The van der Waals surface area contributed by atoms with Gasteiger partial charge < -0.3 is 9.84 Å². The number of anilines is 1. The maximum atomic E-state index is 13.3. The third-order valence-electron chi connectivity index (χ3n) is 5.67. The van der Waals surface area contributed by atoms with Crippen molar-refractivity contribution >= 4 is 51.9 Å². The highest BCUT2D eigenvalue weighted by Gasteiger charge is 2.44. The molecule has 1 aliphatic carbocycles. The Bertz CT molecular complexity index is 1110. The highest BCUT2D eigenvalue weighted by atomic mass is 32.2. The van der Waals surface area contributed by atoms with E-state index in [4.69, 9.17) is 4.74 Å². The summed E-state index contributed by atoms with van der Waals surface area (Å²) in [6, 6.07) is 6.41. The molecular weight excluding hydrogens is 450 g/mol. The van der Waals surface area contributed by atoms with Crippen molar-refractivity contribution in [3.63, 3.8) is 0 Å². The van der Waals surface area contributed by atoms with Crippen molar-refractivity contribution in [2.24, 2.45) is 5.92 Å². The highest BCUT2D eigenvalue weighted by Crippen LogP contribution is 2.45. The molecule has 2 atom stereocenters. The van der Waals surface area contributed by atoms with Crippen molar-refractivity contribution in [1.82, 2.24) is 0 Å². The van der Waals surface area contributed by atoms with Crippen LogP contribution in [-0.2, 0) is 27.2 Å². The Kier molecular flexibility index (Phi) is 6.39. The summed E-state index contributed by atoms with van der Waals surface area (Å²) in [6.07, 6.45) is 2.38. The Hall–Kier alpha value is -2.65. The molecule has 1 fully saturated rings. The molecule has 1 aromatic carbocycles. The third kappa shape index (κ3) is 4.06. The van der Waals surface area contributed by atoms with E-state index < -0.39 is 29.0 Å². The molecule has 0 saturated carbocycles. The zero-order valence-electron chi connectivity index (χ0n) is 17.8. The molecule has 0 bridgehead atoms. The molecule has 32 heavy (non-hydrogen) atoms. The van der Waals surface area contributed by atoms with Crippen molar-refractivity contribution in [3.8, 4) is 0 Å². The second-order valence-electron chi connectivity index (χ2n) is 7.93. The molecule has 0 unspecified atom stereocenters. The molecule has 4 rings (SSSR count). The zero-order chi connectivity index (χ0) is 23.0. The molecule has 168 valence electrons. The van der Waals surface area contributed by atoms with E-state index >= 15 is 0 Å². The van der Waals surface area contributed by atoms with Gasteiger partial charge in [0.2, 0.25) is 11.8 Å². The summed E-state index contributed by atoms with van der Waals surface area (Å²) in [7, 11) is 0. The average molecular weight is 474 g/mol. The van der Waals surface area contributed by atoms with Crippen LogP contribution in [0.3, 0.4) is 0 Å². The van der Waals surface area contributed by atoms with Gasteiger partial charge >= 0.3 is 11.9 Å². The van der Waals surface area contributed by atoms with Gasteiger partial charge in [-0.1, -0.05) is 19.1 Å². The number of carboxylic acids is 1. The van der Waals surface area contributed by atoms with Gasteiger partial charge in [0.05, 0.1) is 23.0 Å². The van der Waals surface area contributed by atoms with E-state index in [-0.39, 0.29) is 18.6 Å². The SMILES string of the molecule is CCOC(=O)c1c(N2C(=O)C[C@@H](Sc3ccccc3C(=O)O)C2=O)sc2c1CC[C@H](C)C2. The van der Waals surface area contributed by atoms with Gasteiger partial charge in [0, 0.05) is 16.2 Å². The van der Waals surface area contributed by atoms with Crippen molar-refractivity contribution in [2.75, 3.05) is 11.5 Å². The summed E-state index contributed by atoms with van der Waals surface area (Å²) in [4.78, 5) is 53.1. The number of fused-ring (bicyclic) bond motifs is 1. The second kappa shape index (κ2) is 9.07. The molecule has 2 aliphatic rings. The lowest BCUT2D eigenvalue weighted by molar-refractivity contribution is -0.121. The average Bonchev–Trinajstić information content (AvgIpc) is 3.24. The second-order valence-corrected chi connectivity index (χ2v) is 10.3. The fourth-order valence-corrected chi connectivity index (χ4v) is 6.81. The summed E-state index contributed by atoms with van der Waals surface area (Å²) in [5, 5.41) is 9.01. The van der Waals surface area contributed by atoms with Crippen LogP contribution in [0.2, 0.25) is 0 Å². The maximum absolute atomic E-state index is 13.3. The Labute approximate surface area is 193 Å². The van der Waals surface area contributed by atoms with Crippen LogP contribution in [0.1, 0.15) is 57.8 Å². The predicted molar refractivity (Wildman–Crippen MR) is 122 cm³/mol. The fraction of sp³-hybridized carbons (Fsp3) is 0.391. The van der Waals surface area contributed by atoms with Crippen LogP contribution in [0.15, 0.2) is 29.2 Å². The summed E-state index contributed by atoms with van der Waals surface area (Å²) in [6.45, 7) is 4.06. The molecule has 1 saturated heterocycles. The first kappa shape index (κ1) is 22.5. The fourth-order valence-electron chi connectivity index (χ4n) is 4.12. The van der Waals surface area contributed by atoms with Gasteiger partial charge in [-0.25, -0.2) is 14.5 Å². The number of rotatable bonds is 6. The number of benzene rings is 1. The maximum Gasteiger partial charge on any atom is 0.341 e. The minimum atomic E-state index is -1.09. The molecule has 2 aromatic rings. The first-order valence-corrected chi connectivity index (χ1v) is 12.2. The van der Waals surface area contributed by atoms with E-state index in [1.807, 2.05) is 0 Å². The Morgan fingerprint density at radius 1 is 1.25 bits per heavy atom. The van der Waals surface area contributed by atoms with Crippen LogP contribution in [0, 0.1) is 5.92 Å². The molecular formula is C23H23NO6S2. The summed E-state index contributed by atoms with van der Waals surface area (Å²) < 4.78 is 5.26. The van der Waals surface area contributed by atoms with Crippen LogP contribution in [0.25, 0.3) is 0 Å². The lowest BCUT2D eigenvalue weighted by Gasteiger charge is -2.18. The van der Waals surface area contributed by atoms with E-state index in [9.17, 15) is 24.3 Å². The highest BCUT2D eigenvalue weighted by molar-refractivity contribution is 8.00. The molecule has 2 amide bonds. The van der Waals surface area contributed by atoms with Crippen molar-refractivity contribution in [3.05, 3.63) is 45.8 Å². The number of imide groups is 1. The summed E-state index contributed by atoms with van der Waals surface area (Å²) >= 11 is 2.39. The number of esters is 1. The van der Waals surface area contributed by atoms with Gasteiger partial charge in [0.1, 0.15) is 5.00 Å². The van der Waals surface area contributed by atoms with Gasteiger partial charge in [-0.05, 0) is 49.8 Å². The number of carboxylic acid groups (broad SMARTS) is 1. The smallest absolute Gasteiger partial charge is 0.341 e. The van der Waals surface area contributed by atoms with Crippen LogP contribution in [-0.4, -0.2) is 40.7 Å². The van der Waals surface area contributed by atoms with Crippen molar-refractivity contribution < 1.29 is 29.0 Å². The van der Waals surface area contributed by atoms with Crippen LogP contribution >= 0.6 is 23.1 Å². The number of aromatic carboxylic acids is 1. The number of thioether (sulfide) groups is 1. The number of ether oxygens (including phenoxy) is 1. The Balaban J connectivity index is 1.69. The Morgan fingerprint density at radius 2 is 2.00 bits per heavy atom. The molecule has 1 N–H and O–H groups in total. The predicted octanol–water partition coefficient (Wildman–Crippen LogP) is 4.17. The number of nitrogens with zero attached hydrogens (tertiary/aromatic N) is 1. The van der Waals surface area contributed by atoms with Gasteiger partial charge in [-0.2, -0.15) is 0 Å². The molecule has 1 aliphatic heterocycles. The van der Waals surface area contributed by atoms with Crippen molar-refractivity contribution in [2.45, 2.75) is 49.7 Å². The number of amides is 2. The molecule has 9 heteroatoms. The number of carbonyl (C=O) groups is 4. The monoisotopic (exact) mass is 473 g/mol. The number of hydrogen-bond donors (Lipinski definition) is 1. The normalized spacial score (nSPS) is 20.4. The van der Waals surface area contributed by atoms with Gasteiger partial charge in [0.15, 0.2) is 0 Å². The molecule has 0 spiro atoms. The van der Waals surface area contributed by atoms with Crippen LogP contribution in [0.5, 0.6) is 0 Å². The van der Waals surface area contributed by atoms with Gasteiger partial charge in [-0.3, -0.25) is 9.59 Å². The van der Waals surface area contributed by atoms with Crippen LogP contribution in [0.4, 0.5) is 5.00 Å². The summed E-state index contributed by atoms with van der Waals surface area (Å²) in [5.41, 5.74) is 1.30. The standard InChI is InChI=1S/C23H23NO6S2/c1-3-30-23(29)19-13-9-8-12(2)10-16(13)32-21(19)24-18(25)11-17(20(24)26)31-15-7-5-4-6-14(15)22(27)28/h4-7,12,17H,3,8-11H2,1-2H3,(H,27,28)/t12-,17+/m0/s1. The quantitative estimate of drug-likeness (QED) is 0.496. The van der Waals surface area contributed by atoms with E-state index in [0.717, 1.165) is 39.9 Å². The first-order chi connectivity index (χ1) is 15.3. The number of thiophene rings is 1. The zero-order valence-corrected chi connectivity index (χ0v) is 19.4. The molecule has 7 nitrogen and oxygen atoms in total. The van der Waals surface area contributed by atoms with E-state index in [1.54, 1.807) is 25.1 Å². The van der Waals surface area contributed by atoms with Crippen LogP contribution < -0.4 is 4.90 Å². The lowest BCUT2D eigenvalue weighted by atomic mass is 9.88. The topological polar surface area (TPSA) is 101 Å². The van der Waals surface area contributed by atoms with Crippen molar-refractivity contribution in [1.29, 1.82) is 0 Å². The van der Waals surface area contributed by atoms with Gasteiger partial charge in [-0.15, -0.1) is 23.1 Å². The lowest BCUT2D eigenvalue weighted by Crippen LogP contribution is -2.32. The number of carbonyl (C=O) groups excluding carboxylic acids is 3. The minimum absolute atomic E-state index is 0.0569. The van der Waals surface area contributed by atoms with E-state index in [2.05, 4.69) is 6.92 Å². The molecule has 2 heterocycles. The largest absolute Gasteiger partial charge is 0.478 e. The summed E-state index contributed by atoms with van der Waals surface area (Å²) in [5.74, 6) is -1.96. The first-order valence-electron chi connectivity index (χ1n) is 10.5. The van der Waals surface area contributed by atoms with E-state index in [0.29, 0.717) is 27.8 Å². The van der Waals surface area contributed by atoms with E-state index in [1.165, 1.54) is 17.4 Å². The molecule has 1 aromatic heterocycles.